The predicted octanol–water partition coefficient (Wildman–Crippen LogP) is 1.13. The number of aliphatic imine (C=N–C) groups is 1. The summed E-state index contributed by atoms with van der Waals surface area (Å²) < 4.78 is 0. The summed E-state index contributed by atoms with van der Waals surface area (Å²) in [6.45, 7) is 2.42. The molecule has 2 heterocycles. The SMILES string of the molecule is CN(C)CCC(=O)N1CCC(CCc2cc#ccc2)(CN=C(N)NC(=O)c2nc(Cl)c(N)nc2N)CC1. The van der Waals surface area contributed by atoms with Crippen LogP contribution in [-0.4, -0.2) is 77.8 Å². The van der Waals surface area contributed by atoms with Gasteiger partial charge in [0.1, 0.15) is 0 Å². The Morgan fingerprint density at radius 2 is 1.95 bits per heavy atom. The molecule has 2 aromatic rings. The summed E-state index contributed by atoms with van der Waals surface area (Å²) in [6.07, 6.45) is 3.73. The number of guanidine groups is 1. The van der Waals surface area contributed by atoms with Crippen molar-refractivity contribution in [3.05, 3.63) is 46.7 Å². The molecule has 2 amide bonds. The number of nitrogens with zero attached hydrogens (tertiary/aromatic N) is 5. The molecule has 0 saturated carbocycles. The Balaban J connectivity index is 1.68. The Labute approximate surface area is 222 Å². The largest absolute Gasteiger partial charge is 0.382 e. The van der Waals surface area contributed by atoms with Crippen molar-refractivity contribution in [2.75, 3.05) is 51.7 Å². The van der Waals surface area contributed by atoms with Crippen molar-refractivity contribution in [2.45, 2.75) is 32.1 Å². The highest BCUT2D eigenvalue weighted by molar-refractivity contribution is 6.31. The molecule has 11 nitrogen and oxygen atoms in total. The van der Waals surface area contributed by atoms with Gasteiger partial charge in [-0.3, -0.25) is 19.9 Å². The first-order valence-electron chi connectivity index (χ1n) is 12.1. The fraction of sp³-hybridized carbons (Fsp3) is 0.480. The molecule has 198 valence electrons. The molecule has 1 aliphatic heterocycles. The van der Waals surface area contributed by atoms with Crippen LogP contribution in [0.2, 0.25) is 5.15 Å². The van der Waals surface area contributed by atoms with Gasteiger partial charge in [0.25, 0.3) is 5.91 Å². The monoisotopic (exact) mass is 527 g/mol. The van der Waals surface area contributed by atoms with E-state index in [9.17, 15) is 9.59 Å². The van der Waals surface area contributed by atoms with E-state index in [0.717, 1.165) is 37.8 Å². The van der Waals surface area contributed by atoms with Crippen LogP contribution in [0.15, 0.2) is 23.2 Å². The van der Waals surface area contributed by atoms with Gasteiger partial charge >= 0.3 is 0 Å². The first-order chi connectivity index (χ1) is 17.6. The number of nitrogens with one attached hydrogen (secondary N) is 1. The minimum atomic E-state index is -0.681. The lowest BCUT2D eigenvalue weighted by molar-refractivity contribution is -0.133. The Hall–Kier alpha value is -3.62. The Morgan fingerprint density at radius 1 is 1.22 bits per heavy atom. The highest BCUT2D eigenvalue weighted by Gasteiger charge is 2.35. The minimum Gasteiger partial charge on any atom is -0.382 e. The fourth-order valence-electron chi connectivity index (χ4n) is 4.22. The van der Waals surface area contributed by atoms with Crippen molar-refractivity contribution in [2.24, 2.45) is 16.1 Å². The molecule has 0 spiro atoms. The number of carbonyl (C=O) groups is 2. The number of halogens is 1. The van der Waals surface area contributed by atoms with E-state index in [4.69, 9.17) is 28.8 Å². The maximum Gasteiger partial charge on any atom is 0.280 e. The van der Waals surface area contributed by atoms with E-state index in [1.54, 1.807) is 0 Å². The summed E-state index contributed by atoms with van der Waals surface area (Å²) in [5, 5.41) is 2.37. The number of aromatic nitrogens is 2. The van der Waals surface area contributed by atoms with Crippen LogP contribution in [0.4, 0.5) is 11.6 Å². The van der Waals surface area contributed by atoms with Gasteiger partial charge in [-0.05, 0) is 62.9 Å². The third kappa shape index (κ3) is 7.93. The van der Waals surface area contributed by atoms with Crippen molar-refractivity contribution in [1.82, 2.24) is 25.1 Å². The summed E-state index contributed by atoms with van der Waals surface area (Å²) >= 11 is 5.87. The Kier molecular flexibility index (Phi) is 9.49. The van der Waals surface area contributed by atoms with Gasteiger partial charge in [0, 0.05) is 32.6 Å². The number of hydrogen-bond acceptors (Lipinski definition) is 8. The molecule has 12 heteroatoms. The lowest BCUT2D eigenvalue weighted by Gasteiger charge is -2.41. The molecule has 1 saturated heterocycles. The summed E-state index contributed by atoms with van der Waals surface area (Å²) in [5.74, 6) is -0.816. The van der Waals surface area contributed by atoms with Crippen LogP contribution in [-0.2, 0) is 11.2 Å². The molecule has 0 atom stereocenters. The number of carbonyl (C=O) groups excluding carboxylic acids is 2. The van der Waals surface area contributed by atoms with E-state index >= 15 is 0 Å². The fourth-order valence-corrected chi connectivity index (χ4v) is 4.34. The topological polar surface area (TPSA) is 169 Å². The molecule has 7 N–H and O–H groups in total. The normalized spacial score (nSPS) is 15.4. The van der Waals surface area contributed by atoms with Gasteiger partial charge in [-0.2, -0.15) is 0 Å². The van der Waals surface area contributed by atoms with Gasteiger partial charge in [-0.25, -0.2) is 9.97 Å². The van der Waals surface area contributed by atoms with Gasteiger partial charge in [0.15, 0.2) is 28.4 Å². The Morgan fingerprint density at radius 3 is 2.59 bits per heavy atom. The van der Waals surface area contributed by atoms with Crippen molar-refractivity contribution in [3.8, 4) is 0 Å². The Bertz CT molecular complexity index is 1120. The van der Waals surface area contributed by atoms with Crippen LogP contribution in [0.5, 0.6) is 0 Å². The van der Waals surface area contributed by atoms with Crippen LogP contribution in [0, 0.1) is 17.5 Å². The number of aryl methyl sites for hydroxylation is 1. The van der Waals surface area contributed by atoms with E-state index in [2.05, 4.69) is 32.4 Å². The molecule has 0 unspecified atom stereocenters. The summed E-state index contributed by atoms with van der Waals surface area (Å²) in [4.78, 5) is 41.4. The zero-order chi connectivity index (χ0) is 27.0. The minimum absolute atomic E-state index is 0.0642. The van der Waals surface area contributed by atoms with E-state index < -0.39 is 5.91 Å². The molecule has 1 fully saturated rings. The molecule has 3 rings (SSSR count). The molecule has 1 aliphatic rings. The third-order valence-electron chi connectivity index (χ3n) is 6.56. The second-order valence-electron chi connectivity index (χ2n) is 9.56. The smallest absolute Gasteiger partial charge is 0.280 e. The third-order valence-corrected chi connectivity index (χ3v) is 6.84. The second kappa shape index (κ2) is 12.6. The van der Waals surface area contributed by atoms with E-state index in [-0.39, 0.29) is 39.8 Å². The standard InChI is InChI=1S/C25H34ClN9O2/c1-34(2)13-9-18(36)35-14-11-25(12-15-35,10-8-17-6-4-3-5-7-17)16-30-24(29)33-23(37)19-21(27)32-22(28)20(26)31-19/h4,6-7H,8-16H2,1-2H3,(H4,27,28,32)(H3,29,30,33,37). The molecule has 1 aromatic carbocycles. The van der Waals surface area contributed by atoms with Gasteiger partial charge in [0.05, 0.1) is 0 Å². The van der Waals surface area contributed by atoms with Crippen molar-refractivity contribution < 1.29 is 9.59 Å². The number of piperidine rings is 1. The zero-order valence-corrected chi connectivity index (χ0v) is 22.0. The van der Waals surface area contributed by atoms with Crippen molar-refractivity contribution in [3.63, 3.8) is 0 Å². The van der Waals surface area contributed by atoms with Crippen LogP contribution in [0.3, 0.4) is 0 Å². The van der Waals surface area contributed by atoms with Crippen LogP contribution < -0.4 is 22.5 Å². The van der Waals surface area contributed by atoms with E-state index in [0.29, 0.717) is 26.1 Å². The lowest BCUT2D eigenvalue weighted by atomic mass is 9.74. The predicted molar refractivity (Wildman–Crippen MR) is 144 cm³/mol. The van der Waals surface area contributed by atoms with Crippen molar-refractivity contribution >= 4 is 41.0 Å². The molecule has 37 heavy (non-hydrogen) atoms. The number of nitrogen functional groups attached to an aromatic ring is 2. The molecular weight excluding hydrogens is 494 g/mol. The first-order valence-corrected chi connectivity index (χ1v) is 12.5. The zero-order valence-electron chi connectivity index (χ0n) is 21.3. The highest BCUT2D eigenvalue weighted by atomic mass is 35.5. The van der Waals surface area contributed by atoms with Crippen LogP contribution in [0.25, 0.3) is 0 Å². The van der Waals surface area contributed by atoms with Gasteiger partial charge in [-0.15, -0.1) is 0 Å². The van der Waals surface area contributed by atoms with Crippen LogP contribution in [0.1, 0.15) is 41.7 Å². The summed E-state index contributed by atoms with van der Waals surface area (Å²) in [6, 6.07) is 11.7. The van der Waals surface area contributed by atoms with E-state index in [1.165, 1.54) is 0 Å². The molecule has 0 bridgehead atoms. The number of nitrogens with two attached hydrogens (primary N) is 3. The molecule has 0 radical (unpaired) electrons. The highest BCUT2D eigenvalue weighted by Crippen LogP contribution is 2.37. The maximum absolute atomic E-state index is 12.6. The number of rotatable bonds is 9. The van der Waals surface area contributed by atoms with Gasteiger partial charge < -0.3 is 27.0 Å². The number of hydrogen-bond donors (Lipinski definition) is 4. The average molecular weight is 528 g/mol. The van der Waals surface area contributed by atoms with Crippen LogP contribution >= 0.6 is 11.6 Å². The van der Waals surface area contributed by atoms with E-state index in [1.807, 2.05) is 42.1 Å². The summed E-state index contributed by atoms with van der Waals surface area (Å²) in [7, 11) is 3.91. The number of likely N-dealkylation sites (tertiary alicyclic amines) is 1. The van der Waals surface area contributed by atoms with Gasteiger partial charge in [0.2, 0.25) is 5.91 Å². The maximum atomic E-state index is 12.6. The number of anilines is 2. The molecule has 1 aromatic heterocycles. The lowest BCUT2D eigenvalue weighted by Crippen LogP contribution is -2.46. The molecule has 0 aliphatic carbocycles. The average Bonchev–Trinajstić information content (AvgIpc) is 2.88. The second-order valence-corrected chi connectivity index (χ2v) is 9.92. The molecular formula is C25H34ClN9O2. The quantitative estimate of drug-likeness (QED) is 0.278. The summed E-state index contributed by atoms with van der Waals surface area (Å²) in [5.41, 5.74) is 18.2. The first kappa shape index (κ1) is 28.0. The van der Waals surface area contributed by atoms with Crippen molar-refractivity contribution in [1.29, 1.82) is 0 Å². The van der Waals surface area contributed by atoms with Gasteiger partial charge in [-0.1, -0.05) is 29.8 Å². The number of amides is 2.